The van der Waals surface area contributed by atoms with Crippen molar-refractivity contribution in [1.29, 1.82) is 0 Å². The number of nitrogens with zero attached hydrogens (tertiary/aromatic N) is 2. The lowest BCUT2D eigenvalue weighted by atomic mass is 9.88. The van der Waals surface area contributed by atoms with Gasteiger partial charge >= 0.3 is 12.1 Å². The Morgan fingerprint density at radius 3 is 2.44 bits per heavy atom. The Balaban J connectivity index is 1.45. The third-order valence-corrected chi connectivity index (χ3v) is 12.0. The maximum absolute atomic E-state index is 13.6. The highest BCUT2D eigenvalue weighted by Gasteiger charge is 2.47. The Bertz CT molecular complexity index is 1240. The molecule has 4 rings (SSSR count). The number of aliphatic hydroxyl groups excluding tert-OH is 2. The molecule has 11 nitrogen and oxygen atoms in total. The SMILES string of the molecule is CCC(O)C(C)C1OC1CC(C)(O)/C=C/C=C(\C)C1OC(=O)CC(O)CCC(C)(OC)C(OC(=O)N2CCN(C3CCCCCC3)CC2)/C=C/C1C. The molecule has 3 heterocycles. The number of epoxide rings is 1. The van der Waals surface area contributed by atoms with Crippen LogP contribution in [0.25, 0.3) is 0 Å². The summed E-state index contributed by atoms with van der Waals surface area (Å²) in [6.07, 6.45) is 14.8. The van der Waals surface area contributed by atoms with Crippen LogP contribution in [0.1, 0.15) is 112 Å². The average molecular weight is 733 g/mol. The molecule has 1 aliphatic carbocycles. The minimum Gasteiger partial charge on any atom is -0.457 e. The number of carbonyl (C=O) groups is 2. The molecule has 11 heteroatoms. The molecule has 1 amide bonds. The fourth-order valence-electron chi connectivity index (χ4n) is 8.08. The molecule has 3 aliphatic heterocycles. The molecule has 4 aliphatic rings. The van der Waals surface area contributed by atoms with Gasteiger partial charge in [0.05, 0.1) is 36.4 Å². The number of allylic oxidation sites excluding steroid dienone is 2. The van der Waals surface area contributed by atoms with Crippen molar-refractivity contribution in [2.24, 2.45) is 11.8 Å². The predicted octanol–water partition coefficient (Wildman–Crippen LogP) is 5.70. The minimum absolute atomic E-state index is 0.00277. The summed E-state index contributed by atoms with van der Waals surface area (Å²) < 4.78 is 23.9. The number of ether oxygens (including phenoxy) is 4. The summed E-state index contributed by atoms with van der Waals surface area (Å²) >= 11 is 0. The molecule has 0 radical (unpaired) electrons. The summed E-state index contributed by atoms with van der Waals surface area (Å²) in [4.78, 5) is 31.0. The molecule has 296 valence electrons. The second kappa shape index (κ2) is 19.4. The molecule has 0 aromatic heterocycles. The Morgan fingerprint density at radius 1 is 1.13 bits per heavy atom. The zero-order valence-corrected chi connectivity index (χ0v) is 32.9. The van der Waals surface area contributed by atoms with Crippen molar-refractivity contribution in [3.05, 3.63) is 36.0 Å². The Morgan fingerprint density at radius 2 is 1.81 bits per heavy atom. The van der Waals surface area contributed by atoms with E-state index >= 15 is 0 Å². The van der Waals surface area contributed by atoms with Crippen LogP contribution in [0.15, 0.2) is 36.0 Å². The number of cyclic esters (lactones) is 1. The zero-order valence-electron chi connectivity index (χ0n) is 32.9. The van der Waals surface area contributed by atoms with E-state index in [4.69, 9.17) is 18.9 Å². The van der Waals surface area contributed by atoms with Gasteiger partial charge in [-0.15, -0.1) is 0 Å². The summed E-state index contributed by atoms with van der Waals surface area (Å²) in [5.41, 5.74) is -1.34. The molecule has 3 fully saturated rings. The fraction of sp³-hybridized carbons (Fsp3) is 0.805. The largest absolute Gasteiger partial charge is 0.457 e. The summed E-state index contributed by atoms with van der Waals surface area (Å²) in [6.45, 7) is 14.2. The smallest absolute Gasteiger partial charge is 0.410 e. The van der Waals surface area contributed by atoms with Crippen LogP contribution in [0.4, 0.5) is 4.79 Å². The van der Waals surface area contributed by atoms with Gasteiger partial charge < -0.3 is 39.2 Å². The molecular formula is C41H68N2O9. The summed E-state index contributed by atoms with van der Waals surface area (Å²) in [7, 11) is 1.58. The predicted molar refractivity (Wildman–Crippen MR) is 201 cm³/mol. The number of amides is 1. The summed E-state index contributed by atoms with van der Waals surface area (Å²) in [6, 6.07) is 0.600. The van der Waals surface area contributed by atoms with Crippen molar-refractivity contribution in [2.75, 3.05) is 33.3 Å². The van der Waals surface area contributed by atoms with Crippen LogP contribution in [0.2, 0.25) is 0 Å². The van der Waals surface area contributed by atoms with Crippen molar-refractivity contribution in [2.45, 2.75) is 166 Å². The highest BCUT2D eigenvalue weighted by Crippen LogP contribution is 2.38. The van der Waals surface area contributed by atoms with Crippen molar-refractivity contribution in [3.8, 4) is 0 Å². The lowest BCUT2D eigenvalue weighted by Crippen LogP contribution is -2.53. The third-order valence-electron chi connectivity index (χ3n) is 12.0. The van der Waals surface area contributed by atoms with Crippen molar-refractivity contribution < 1.29 is 43.9 Å². The van der Waals surface area contributed by atoms with Crippen LogP contribution in [-0.2, 0) is 23.7 Å². The number of aliphatic hydroxyl groups is 3. The average Bonchev–Trinajstić information content (AvgIpc) is 3.93. The first kappa shape index (κ1) is 42.5. The topological polar surface area (TPSA) is 142 Å². The first-order chi connectivity index (χ1) is 24.7. The van der Waals surface area contributed by atoms with E-state index in [1.54, 1.807) is 31.1 Å². The quantitative estimate of drug-likeness (QED) is 0.0796. The molecule has 3 N–H and O–H groups in total. The van der Waals surface area contributed by atoms with E-state index in [0.717, 1.165) is 18.7 Å². The van der Waals surface area contributed by atoms with Gasteiger partial charge in [-0.2, -0.15) is 0 Å². The van der Waals surface area contributed by atoms with Gasteiger partial charge in [0.2, 0.25) is 0 Å². The summed E-state index contributed by atoms with van der Waals surface area (Å²) in [5.74, 6) is -0.826. The van der Waals surface area contributed by atoms with Crippen molar-refractivity contribution in [1.82, 2.24) is 9.80 Å². The van der Waals surface area contributed by atoms with Crippen molar-refractivity contribution >= 4 is 12.1 Å². The molecule has 10 atom stereocenters. The standard InChI is InChI=1S/C41H68N2O9/c1-8-33(45)30(4)38-34(50-38)27-40(5,48)20-13-14-28(2)37-29(3)17-18-35(41(6,49-7)21-19-32(44)26-36(46)52-37)51-39(47)43-24-22-42(23-25-43)31-15-11-9-10-12-16-31/h13-14,17-18,20,29-35,37-38,44-45,48H,8-12,15-16,19,21-27H2,1-7H3/b18-17+,20-13+,28-14+. The van der Waals surface area contributed by atoms with Crippen LogP contribution in [0, 0.1) is 11.8 Å². The van der Waals surface area contributed by atoms with Crippen LogP contribution in [0.3, 0.4) is 0 Å². The molecular weight excluding hydrogens is 664 g/mol. The molecule has 0 bridgehead atoms. The Kier molecular flexibility index (Phi) is 15.8. The van der Waals surface area contributed by atoms with Crippen LogP contribution >= 0.6 is 0 Å². The van der Waals surface area contributed by atoms with Gasteiger partial charge in [-0.1, -0.05) is 70.8 Å². The molecule has 0 spiro atoms. The molecule has 1 saturated carbocycles. The van der Waals surface area contributed by atoms with E-state index in [0.29, 0.717) is 38.4 Å². The molecule has 0 aromatic rings. The number of esters is 1. The van der Waals surface area contributed by atoms with Gasteiger partial charge in [0.15, 0.2) is 6.10 Å². The number of methoxy groups -OCH3 is 1. The number of hydrogen-bond donors (Lipinski definition) is 3. The Hall–Kier alpha value is -2.28. The van der Waals surface area contributed by atoms with Crippen LogP contribution < -0.4 is 0 Å². The van der Waals surface area contributed by atoms with E-state index in [2.05, 4.69) is 4.90 Å². The molecule has 0 aromatic carbocycles. The maximum atomic E-state index is 13.6. The van der Waals surface area contributed by atoms with Crippen LogP contribution in [-0.4, -0.2) is 124 Å². The van der Waals surface area contributed by atoms with Gasteiger partial charge in [-0.05, 0) is 64.5 Å². The van der Waals surface area contributed by atoms with E-state index in [-0.39, 0.29) is 43.0 Å². The van der Waals surface area contributed by atoms with Gasteiger partial charge in [-0.3, -0.25) is 9.69 Å². The number of piperazine rings is 1. The van der Waals surface area contributed by atoms with E-state index in [1.807, 2.05) is 52.8 Å². The molecule has 2 saturated heterocycles. The Labute approximate surface area is 312 Å². The van der Waals surface area contributed by atoms with Crippen molar-refractivity contribution in [3.63, 3.8) is 0 Å². The normalized spacial score (nSPS) is 35.0. The minimum atomic E-state index is -1.14. The zero-order chi connectivity index (χ0) is 38.1. The lowest BCUT2D eigenvalue weighted by Gasteiger charge is -2.40. The van der Waals surface area contributed by atoms with E-state index < -0.39 is 41.6 Å². The highest BCUT2D eigenvalue weighted by atomic mass is 16.6. The van der Waals surface area contributed by atoms with E-state index in [9.17, 15) is 24.9 Å². The molecule has 10 unspecified atom stereocenters. The highest BCUT2D eigenvalue weighted by molar-refractivity contribution is 5.70. The summed E-state index contributed by atoms with van der Waals surface area (Å²) in [5, 5.41) is 32.1. The second-order valence-electron chi connectivity index (χ2n) is 16.3. The maximum Gasteiger partial charge on any atom is 0.410 e. The second-order valence-corrected chi connectivity index (χ2v) is 16.3. The third kappa shape index (κ3) is 12.1. The lowest BCUT2D eigenvalue weighted by molar-refractivity contribution is -0.151. The van der Waals surface area contributed by atoms with Gasteiger partial charge in [-0.25, -0.2) is 4.79 Å². The number of carbonyl (C=O) groups excluding carboxylic acids is 2. The first-order valence-corrected chi connectivity index (χ1v) is 19.9. The molecule has 52 heavy (non-hydrogen) atoms. The first-order valence-electron chi connectivity index (χ1n) is 19.9. The van der Waals surface area contributed by atoms with Gasteiger partial charge in [0.1, 0.15) is 11.7 Å². The van der Waals surface area contributed by atoms with Gasteiger partial charge in [0, 0.05) is 57.6 Å². The van der Waals surface area contributed by atoms with Crippen LogP contribution in [0.5, 0.6) is 0 Å². The fourth-order valence-corrected chi connectivity index (χ4v) is 8.08. The number of rotatable bonds is 11. The monoisotopic (exact) mass is 732 g/mol. The van der Waals surface area contributed by atoms with Gasteiger partial charge in [0.25, 0.3) is 0 Å². The number of hydrogen-bond acceptors (Lipinski definition) is 10. The van der Waals surface area contributed by atoms with E-state index in [1.165, 1.54) is 38.5 Å².